The Morgan fingerprint density at radius 1 is 1.25 bits per heavy atom. The lowest BCUT2D eigenvalue weighted by Gasteiger charge is -2.04. The van der Waals surface area contributed by atoms with Crippen molar-refractivity contribution in [2.45, 2.75) is 6.61 Å². The van der Waals surface area contributed by atoms with Gasteiger partial charge in [0, 0.05) is 18.3 Å². The van der Waals surface area contributed by atoms with Gasteiger partial charge in [0.15, 0.2) is 0 Å². The summed E-state index contributed by atoms with van der Waals surface area (Å²) in [5.41, 5.74) is 0.934. The molecule has 0 saturated carbocycles. The van der Waals surface area contributed by atoms with Gasteiger partial charge in [-0.3, -0.25) is 10.1 Å². The molecule has 0 aliphatic rings. The number of hydrogen-bond acceptors (Lipinski definition) is 5. The molecule has 1 aromatic heterocycles. The number of carbonyl (C=O) groups excluding carboxylic acids is 1. The fourth-order valence-corrected chi connectivity index (χ4v) is 1.55. The number of esters is 1. The second-order valence-electron chi connectivity index (χ2n) is 3.87. The SMILES string of the molecule is O=C(OCc1ccc([N+](=O)[O-])cc1)c1ccc(Cl)nc1. The summed E-state index contributed by atoms with van der Waals surface area (Å²) in [7, 11) is 0. The zero-order valence-electron chi connectivity index (χ0n) is 10.2. The van der Waals surface area contributed by atoms with Crippen molar-refractivity contribution in [3.05, 3.63) is 69.0 Å². The molecule has 0 radical (unpaired) electrons. The molecule has 20 heavy (non-hydrogen) atoms. The summed E-state index contributed by atoms with van der Waals surface area (Å²) < 4.78 is 5.06. The Balaban J connectivity index is 1.96. The molecule has 1 heterocycles. The lowest BCUT2D eigenvalue weighted by molar-refractivity contribution is -0.384. The number of aromatic nitrogens is 1. The molecule has 0 bridgehead atoms. The first-order chi connectivity index (χ1) is 9.56. The Kier molecular flexibility index (Phi) is 4.27. The molecule has 0 saturated heterocycles. The van der Waals surface area contributed by atoms with Crippen molar-refractivity contribution < 1.29 is 14.5 Å². The molecule has 0 fully saturated rings. The smallest absolute Gasteiger partial charge is 0.340 e. The van der Waals surface area contributed by atoms with Gasteiger partial charge in [-0.1, -0.05) is 11.6 Å². The van der Waals surface area contributed by atoms with Gasteiger partial charge in [0.2, 0.25) is 0 Å². The molecular formula is C13H9ClN2O4. The van der Waals surface area contributed by atoms with E-state index in [9.17, 15) is 14.9 Å². The number of non-ortho nitro benzene ring substituents is 1. The van der Waals surface area contributed by atoms with E-state index in [2.05, 4.69) is 4.98 Å². The number of hydrogen-bond donors (Lipinski definition) is 0. The third kappa shape index (κ3) is 3.52. The first-order valence-corrected chi connectivity index (χ1v) is 5.96. The molecule has 0 atom stereocenters. The van der Waals surface area contributed by atoms with Gasteiger partial charge in [0.25, 0.3) is 5.69 Å². The number of pyridine rings is 1. The molecule has 2 aromatic rings. The maximum Gasteiger partial charge on any atom is 0.340 e. The van der Waals surface area contributed by atoms with Gasteiger partial charge in [-0.2, -0.15) is 0 Å². The zero-order valence-corrected chi connectivity index (χ0v) is 10.9. The van der Waals surface area contributed by atoms with Crippen LogP contribution < -0.4 is 0 Å². The minimum Gasteiger partial charge on any atom is -0.457 e. The number of nitro groups is 1. The fraction of sp³-hybridized carbons (Fsp3) is 0.0769. The van der Waals surface area contributed by atoms with Crippen molar-refractivity contribution >= 4 is 23.3 Å². The number of ether oxygens (including phenoxy) is 1. The van der Waals surface area contributed by atoms with Crippen LogP contribution in [-0.2, 0) is 11.3 Å². The van der Waals surface area contributed by atoms with Crippen molar-refractivity contribution in [2.24, 2.45) is 0 Å². The minimum atomic E-state index is -0.535. The number of halogens is 1. The van der Waals surface area contributed by atoms with E-state index in [0.29, 0.717) is 5.56 Å². The molecule has 0 spiro atoms. The van der Waals surface area contributed by atoms with Crippen LogP contribution >= 0.6 is 11.6 Å². The highest BCUT2D eigenvalue weighted by atomic mass is 35.5. The van der Waals surface area contributed by atoms with Crippen LogP contribution in [0.2, 0.25) is 5.15 Å². The molecule has 0 amide bonds. The van der Waals surface area contributed by atoms with Crippen LogP contribution in [-0.4, -0.2) is 15.9 Å². The number of rotatable bonds is 4. The average molecular weight is 293 g/mol. The van der Waals surface area contributed by atoms with Crippen molar-refractivity contribution in [2.75, 3.05) is 0 Å². The van der Waals surface area contributed by atoms with Gasteiger partial charge in [-0.15, -0.1) is 0 Å². The molecule has 2 rings (SSSR count). The van der Waals surface area contributed by atoms with Crippen molar-refractivity contribution in [1.82, 2.24) is 4.98 Å². The Hall–Kier alpha value is -2.47. The first kappa shape index (κ1) is 14.0. The van der Waals surface area contributed by atoms with E-state index in [0.717, 1.165) is 0 Å². The Bertz CT molecular complexity index is 626. The molecule has 0 unspecified atom stereocenters. The maximum absolute atomic E-state index is 11.7. The monoisotopic (exact) mass is 292 g/mol. The summed E-state index contributed by atoms with van der Waals surface area (Å²) >= 11 is 5.61. The van der Waals surface area contributed by atoms with Gasteiger partial charge >= 0.3 is 5.97 Å². The second-order valence-corrected chi connectivity index (χ2v) is 4.26. The normalized spacial score (nSPS) is 10.1. The van der Waals surface area contributed by atoms with E-state index in [1.165, 1.54) is 42.6 Å². The fourth-order valence-electron chi connectivity index (χ4n) is 1.44. The molecular weight excluding hydrogens is 284 g/mol. The summed E-state index contributed by atoms with van der Waals surface area (Å²) in [4.78, 5) is 25.5. The Morgan fingerprint density at radius 3 is 2.50 bits per heavy atom. The lowest BCUT2D eigenvalue weighted by Crippen LogP contribution is -2.05. The lowest BCUT2D eigenvalue weighted by atomic mass is 10.2. The third-order valence-electron chi connectivity index (χ3n) is 2.48. The van der Waals surface area contributed by atoms with E-state index < -0.39 is 10.9 Å². The summed E-state index contributed by atoms with van der Waals surface area (Å²) in [6.45, 7) is 0.0272. The van der Waals surface area contributed by atoms with Crippen LogP contribution in [0.15, 0.2) is 42.6 Å². The minimum absolute atomic E-state index is 0.0121. The van der Waals surface area contributed by atoms with Crippen molar-refractivity contribution in [3.8, 4) is 0 Å². The highest BCUT2D eigenvalue weighted by molar-refractivity contribution is 6.29. The molecule has 102 valence electrons. The first-order valence-electron chi connectivity index (χ1n) is 5.58. The standard InChI is InChI=1S/C13H9ClN2O4/c14-12-6-3-10(7-15-12)13(17)20-8-9-1-4-11(5-2-9)16(18)19/h1-7H,8H2. The van der Waals surface area contributed by atoms with E-state index in [4.69, 9.17) is 16.3 Å². The van der Waals surface area contributed by atoms with Crippen LogP contribution in [0, 0.1) is 10.1 Å². The van der Waals surface area contributed by atoms with Gasteiger partial charge in [-0.25, -0.2) is 9.78 Å². The predicted molar refractivity (Wildman–Crippen MR) is 71.5 cm³/mol. The molecule has 0 aliphatic carbocycles. The number of benzene rings is 1. The Morgan fingerprint density at radius 2 is 1.95 bits per heavy atom. The van der Waals surface area contributed by atoms with Crippen LogP contribution in [0.4, 0.5) is 5.69 Å². The van der Waals surface area contributed by atoms with Crippen LogP contribution in [0.3, 0.4) is 0 Å². The number of carbonyl (C=O) groups is 1. The van der Waals surface area contributed by atoms with Crippen molar-refractivity contribution in [1.29, 1.82) is 0 Å². The van der Waals surface area contributed by atoms with Gasteiger partial charge < -0.3 is 4.74 Å². The van der Waals surface area contributed by atoms with Gasteiger partial charge in [-0.05, 0) is 29.8 Å². The zero-order chi connectivity index (χ0) is 14.5. The highest BCUT2D eigenvalue weighted by Crippen LogP contribution is 2.13. The summed E-state index contributed by atoms with van der Waals surface area (Å²) in [5.74, 6) is -0.535. The van der Waals surface area contributed by atoms with E-state index >= 15 is 0 Å². The second kappa shape index (κ2) is 6.12. The van der Waals surface area contributed by atoms with Gasteiger partial charge in [0.05, 0.1) is 10.5 Å². The number of nitro benzene ring substituents is 1. The topological polar surface area (TPSA) is 82.3 Å². The van der Waals surface area contributed by atoms with Crippen LogP contribution in [0.25, 0.3) is 0 Å². The van der Waals surface area contributed by atoms with E-state index in [1.807, 2.05) is 0 Å². The summed E-state index contributed by atoms with van der Waals surface area (Å²) in [6.07, 6.45) is 1.32. The Labute approximate surface area is 119 Å². The maximum atomic E-state index is 11.7. The van der Waals surface area contributed by atoms with Crippen molar-refractivity contribution in [3.63, 3.8) is 0 Å². The van der Waals surface area contributed by atoms with E-state index in [-0.39, 0.29) is 23.0 Å². The molecule has 7 heteroatoms. The quantitative estimate of drug-likeness (QED) is 0.374. The third-order valence-corrected chi connectivity index (χ3v) is 2.70. The predicted octanol–water partition coefficient (Wildman–Crippen LogP) is 3.00. The van der Waals surface area contributed by atoms with Gasteiger partial charge in [0.1, 0.15) is 11.8 Å². The summed E-state index contributed by atoms with van der Waals surface area (Å²) in [5, 5.41) is 10.8. The molecule has 1 aromatic carbocycles. The number of nitrogens with zero attached hydrogens (tertiary/aromatic N) is 2. The molecule has 0 N–H and O–H groups in total. The largest absolute Gasteiger partial charge is 0.457 e. The average Bonchev–Trinajstić information content (AvgIpc) is 2.46. The highest BCUT2D eigenvalue weighted by Gasteiger charge is 2.09. The molecule has 0 aliphatic heterocycles. The summed E-state index contributed by atoms with van der Waals surface area (Å²) in [6, 6.07) is 8.77. The van der Waals surface area contributed by atoms with E-state index in [1.54, 1.807) is 0 Å². The van der Waals surface area contributed by atoms with Crippen LogP contribution in [0.1, 0.15) is 15.9 Å². The molecule has 6 nitrogen and oxygen atoms in total. The van der Waals surface area contributed by atoms with Crippen LogP contribution in [0.5, 0.6) is 0 Å².